The van der Waals surface area contributed by atoms with Crippen LogP contribution in [-0.4, -0.2) is 76.1 Å². The van der Waals surface area contributed by atoms with Gasteiger partial charge in [0.25, 0.3) is 15.9 Å². The molecule has 0 amide bonds. The molecule has 12 nitrogen and oxygen atoms in total. The first-order chi connectivity index (χ1) is 20.5. The van der Waals surface area contributed by atoms with Gasteiger partial charge in [0.1, 0.15) is 17.2 Å². The number of likely N-dealkylation sites (N-methyl/N-ethyl adjacent to an activating group) is 1. The Morgan fingerprint density at radius 2 is 1.72 bits per heavy atom. The summed E-state index contributed by atoms with van der Waals surface area (Å²) in [5.74, 6) is -2.13. The average Bonchev–Trinajstić information content (AvgIpc) is 3.60. The van der Waals surface area contributed by atoms with Crippen molar-refractivity contribution < 1.29 is 35.9 Å². The highest BCUT2D eigenvalue weighted by Crippen LogP contribution is 2.43. The zero-order valence-corrected chi connectivity index (χ0v) is 24.8. The van der Waals surface area contributed by atoms with Crippen molar-refractivity contribution in [1.82, 2.24) is 20.3 Å². The van der Waals surface area contributed by atoms with E-state index in [2.05, 4.69) is 25.4 Å². The van der Waals surface area contributed by atoms with Gasteiger partial charge in [-0.3, -0.25) is 14.7 Å². The van der Waals surface area contributed by atoms with Gasteiger partial charge in [0.2, 0.25) is 0 Å². The molecule has 3 N–H and O–H groups in total. The number of hydrogen-bond donors (Lipinski definition) is 3. The number of ether oxygens (including phenoxy) is 3. The highest BCUT2D eigenvalue weighted by atomic mass is 32.2. The lowest BCUT2D eigenvalue weighted by Gasteiger charge is -2.36. The summed E-state index contributed by atoms with van der Waals surface area (Å²) >= 11 is 0. The lowest BCUT2D eigenvalue weighted by atomic mass is 9.88. The van der Waals surface area contributed by atoms with Crippen molar-refractivity contribution in [3.8, 4) is 17.2 Å². The smallest absolute Gasteiger partial charge is 0.270 e. The van der Waals surface area contributed by atoms with Crippen LogP contribution in [0.1, 0.15) is 42.4 Å². The van der Waals surface area contributed by atoms with Crippen molar-refractivity contribution in [2.75, 3.05) is 51.5 Å². The first-order valence-corrected chi connectivity index (χ1v) is 15.1. The molecule has 2 aromatic carbocycles. The molecule has 230 valence electrons. The first-order valence-electron chi connectivity index (χ1n) is 13.6. The molecule has 6 rings (SSSR count). The number of sulfonamides is 1. The highest BCUT2D eigenvalue weighted by molar-refractivity contribution is 7.93. The van der Waals surface area contributed by atoms with E-state index in [0.717, 1.165) is 18.5 Å². The lowest BCUT2D eigenvalue weighted by Crippen LogP contribution is -2.44. The Bertz CT molecular complexity index is 1750. The number of alkyl halides is 2. The number of nitrogens with one attached hydrogen (secondary N) is 3. The van der Waals surface area contributed by atoms with Crippen LogP contribution in [-0.2, 0) is 10.0 Å². The third-order valence-corrected chi connectivity index (χ3v) is 9.10. The molecule has 43 heavy (non-hydrogen) atoms. The molecule has 1 aliphatic carbocycles. The van der Waals surface area contributed by atoms with Crippen LogP contribution in [0.2, 0.25) is 0 Å². The van der Waals surface area contributed by atoms with Crippen molar-refractivity contribution in [1.29, 1.82) is 0 Å². The van der Waals surface area contributed by atoms with Crippen LogP contribution >= 0.6 is 0 Å². The number of H-pyrrole nitrogens is 1. The standard InChI is InChI=1S/C28H32F2N6O6S/c1-36-13-17(12-28(29,30)14-36)16-7-23(40-3)26(24(8-16)41-4)43(37,38)35-27-18-9-22(39-2)20(10-21(18)42-34-27)31-25-11-19(32-33-25)15-5-6-15/h7-11,15,17H,5-6,12-14H2,1-4H3,(H,34,35)(H2,31,32,33). The van der Waals surface area contributed by atoms with E-state index >= 15 is 0 Å². The van der Waals surface area contributed by atoms with E-state index in [1.807, 2.05) is 6.07 Å². The quantitative estimate of drug-likeness (QED) is 0.221. The molecule has 0 spiro atoms. The first kappa shape index (κ1) is 29.0. The summed E-state index contributed by atoms with van der Waals surface area (Å²) in [5, 5.41) is 14.8. The average molecular weight is 619 g/mol. The number of benzene rings is 2. The van der Waals surface area contributed by atoms with Gasteiger partial charge in [-0.05, 0) is 43.7 Å². The second-order valence-electron chi connectivity index (χ2n) is 11.0. The topological polar surface area (TPSA) is 144 Å². The van der Waals surface area contributed by atoms with Gasteiger partial charge in [-0.25, -0.2) is 17.2 Å². The maximum Gasteiger partial charge on any atom is 0.270 e. The zero-order valence-electron chi connectivity index (χ0n) is 24.0. The predicted molar refractivity (Wildman–Crippen MR) is 155 cm³/mol. The summed E-state index contributed by atoms with van der Waals surface area (Å²) in [7, 11) is 1.34. The number of aromatic amines is 1. The molecule has 1 aliphatic heterocycles. The van der Waals surface area contributed by atoms with Gasteiger partial charge in [-0.1, -0.05) is 5.16 Å². The summed E-state index contributed by atoms with van der Waals surface area (Å²) in [6, 6.07) is 8.09. The van der Waals surface area contributed by atoms with Gasteiger partial charge in [0.05, 0.1) is 38.9 Å². The fraction of sp³-hybridized carbons (Fsp3) is 0.429. The second kappa shape index (κ2) is 10.9. The molecule has 4 aromatic rings. The molecule has 1 saturated carbocycles. The van der Waals surface area contributed by atoms with Crippen LogP contribution in [0.15, 0.2) is 39.8 Å². The minimum atomic E-state index is -4.37. The molecular weight excluding hydrogens is 586 g/mol. The molecule has 0 bridgehead atoms. The zero-order chi connectivity index (χ0) is 30.5. The number of halogens is 2. The maximum absolute atomic E-state index is 14.3. The summed E-state index contributed by atoms with van der Waals surface area (Å²) in [5.41, 5.74) is 2.38. The molecule has 3 heterocycles. The number of nitrogens with zero attached hydrogens (tertiary/aromatic N) is 3. The molecule has 0 radical (unpaired) electrons. The number of methoxy groups -OCH3 is 3. The van der Waals surface area contributed by atoms with E-state index in [1.165, 1.54) is 33.5 Å². The lowest BCUT2D eigenvalue weighted by molar-refractivity contribution is -0.0650. The van der Waals surface area contributed by atoms with Crippen LogP contribution < -0.4 is 24.2 Å². The number of piperidine rings is 1. The van der Waals surface area contributed by atoms with E-state index in [1.54, 1.807) is 24.1 Å². The van der Waals surface area contributed by atoms with E-state index in [-0.39, 0.29) is 40.8 Å². The normalized spacial score (nSPS) is 18.9. The molecule has 2 aliphatic rings. The molecule has 15 heteroatoms. The van der Waals surface area contributed by atoms with Gasteiger partial charge in [0, 0.05) is 42.6 Å². The summed E-state index contributed by atoms with van der Waals surface area (Å²) in [4.78, 5) is 1.24. The third kappa shape index (κ3) is 5.78. The van der Waals surface area contributed by atoms with E-state index in [0.29, 0.717) is 40.7 Å². The second-order valence-corrected chi connectivity index (χ2v) is 12.6. The van der Waals surface area contributed by atoms with Crippen molar-refractivity contribution in [3.05, 3.63) is 41.6 Å². The Balaban J connectivity index is 1.31. The van der Waals surface area contributed by atoms with Gasteiger partial charge in [0.15, 0.2) is 22.1 Å². The van der Waals surface area contributed by atoms with Gasteiger partial charge < -0.3 is 24.1 Å². The van der Waals surface area contributed by atoms with E-state index in [9.17, 15) is 17.2 Å². The van der Waals surface area contributed by atoms with E-state index in [4.69, 9.17) is 18.7 Å². The van der Waals surface area contributed by atoms with Crippen LogP contribution in [0.4, 0.5) is 26.1 Å². The summed E-state index contributed by atoms with van der Waals surface area (Å²) < 4.78 is 80.5. The largest absolute Gasteiger partial charge is 0.495 e. The predicted octanol–water partition coefficient (Wildman–Crippen LogP) is 5.05. The van der Waals surface area contributed by atoms with Crippen LogP contribution in [0, 0.1) is 0 Å². The van der Waals surface area contributed by atoms with Gasteiger partial charge >= 0.3 is 0 Å². The van der Waals surface area contributed by atoms with Crippen LogP contribution in [0.3, 0.4) is 0 Å². The van der Waals surface area contributed by atoms with Crippen LogP contribution in [0.5, 0.6) is 17.2 Å². The maximum atomic E-state index is 14.3. The summed E-state index contributed by atoms with van der Waals surface area (Å²) in [6.07, 6.45) is 1.89. The van der Waals surface area contributed by atoms with E-state index < -0.39 is 21.9 Å². The number of aromatic nitrogens is 3. The molecule has 1 atom stereocenters. The Morgan fingerprint density at radius 3 is 2.35 bits per heavy atom. The number of anilines is 3. The van der Waals surface area contributed by atoms with Gasteiger partial charge in [-0.2, -0.15) is 5.10 Å². The van der Waals surface area contributed by atoms with Gasteiger partial charge in [-0.15, -0.1) is 0 Å². The minimum Gasteiger partial charge on any atom is -0.495 e. The Kier molecular flexibility index (Phi) is 7.32. The molecular formula is C28H32F2N6O6S. The number of hydrogen-bond acceptors (Lipinski definition) is 10. The molecule has 2 aromatic heterocycles. The Hall–Kier alpha value is -4.11. The molecule has 1 unspecified atom stereocenters. The van der Waals surface area contributed by atoms with Crippen molar-refractivity contribution in [2.45, 2.75) is 41.9 Å². The minimum absolute atomic E-state index is 0.0557. The number of rotatable bonds is 10. The molecule has 1 saturated heterocycles. The fourth-order valence-electron chi connectivity index (χ4n) is 5.57. The molecule has 2 fully saturated rings. The highest BCUT2D eigenvalue weighted by Gasteiger charge is 2.40. The van der Waals surface area contributed by atoms with Crippen LogP contribution in [0.25, 0.3) is 11.0 Å². The number of fused-ring (bicyclic) bond motifs is 1. The fourth-order valence-corrected chi connectivity index (χ4v) is 6.89. The number of likely N-dealkylation sites (tertiary alicyclic amines) is 1. The van der Waals surface area contributed by atoms with Crippen molar-refractivity contribution >= 4 is 38.3 Å². The Labute approximate surface area is 246 Å². The Morgan fingerprint density at radius 1 is 1.02 bits per heavy atom. The third-order valence-electron chi connectivity index (χ3n) is 7.70. The monoisotopic (exact) mass is 618 g/mol. The van der Waals surface area contributed by atoms with Crippen molar-refractivity contribution in [3.63, 3.8) is 0 Å². The summed E-state index contributed by atoms with van der Waals surface area (Å²) in [6.45, 7) is 0.0319. The SMILES string of the molecule is COc1cc2c(NS(=O)(=O)c3c(OC)cc(C4CN(C)CC(F)(F)C4)cc3OC)noc2cc1Nc1cc(C2CC2)[nH]n1. The van der Waals surface area contributed by atoms with Crippen molar-refractivity contribution in [2.24, 2.45) is 0 Å².